The lowest BCUT2D eigenvalue weighted by atomic mass is 10.2. The second kappa shape index (κ2) is 8.26. The highest BCUT2D eigenvalue weighted by molar-refractivity contribution is 8.18. The van der Waals surface area contributed by atoms with Gasteiger partial charge in [0.1, 0.15) is 0 Å². The van der Waals surface area contributed by atoms with E-state index in [0.29, 0.717) is 23.7 Å². The van der Waals surface area contributed by atoms with Gasteiger partial charge >= 0.3 is 0 Å². The standard InChI is InChI=1S/C17H16N2O5S/c1-3-7-19-16(21)14(25-17(19)22)9-11-5-6-12(24-10-15(18)20)13(8-11)23-4-2/h1,5-6,8-9H,4,7,10H2,2H3,(H2,18,20)/b14-9-. The van der Waals surface area contributed by atoms with Crippen molar-refractivity contribution in [3.8, 4) is 23.8 Å². The van der Waals surface area contributed by atoms with Crippen LogP contribution in [0.1, 0.15) is 12.5 Å². The van der Waals surface area contributed by atoms with Crippen LogP contribution in [-0.4, -0.2) is 41.7 Å². The van der Waals surface area contributed by atoms with Crippen molar-refractivity contribution in [3.63, 3.8) is 0 Å². The summed E-state index contributed by atoms with van der Waals surface area (Å²) in [6.45, 7) is 1.85. The van der Waals surface area contributed by atoms with Gasteiger partial charge in [-0.15, -0.1) is 6.42 Å². The zero-order chi connectivity index (χ0) is 18.4. The van der Waals surface area contributed by atoms with E-state index in [1.165, 1.54) is 0 Å². The molecule has 1 aliphatic heterocycles. The van der Waals surface area contributed by atoms with Crippen LogP contribution in [0.4, 0.5) is 4.79 Å². The maximum atomic E-state index is 12.2. The topological polar surface area (TPSA) is 98.9 Å². The van der Waals surface area contributed by atoms with Crippen LogP contribution in [0.5, 0.6) is 11.5 Å². The molecule has 2 rings (SSSR count). The van der Waals surface area contributed by atoms with Gasteiger partial charge < -0.3 is 15.2 Å². The molecule has 0 radical (unpaired) electrons. The van der Waals surface area contributed by atoms with E-state index in [0.717, 1.165) is 16.7 Å². The molecule has 0 spiro atoms. The van der Waals surface area contributed by atoms with E-state index in [1.54, 1.807) is 31.2 Å². The summed E-state index contributed by atoms with van der Waals surface area (Å²) < 4.78 is 10.8. The molecule has 7 nitrogen and oxygen atoms in total. The smallest absolute Gasteiger partial charge is 0.294 e. The fourth-order valence-electron chi connectivity index (χ4n) is 2.03. The van der Waals surface area contributed by atoms with Crippen LogP contribution in [0.25, 0.3) is 6.08 Å². The zero-order valence-corrected chi connectivity index (χ0v) is 14.3. The van der Waals surface area contributed by atoms with E-state index in [-0.39, 0.29) is 18.1 Å². The number of terminal acetylenes is 1. The molecule has 1 aliphatic rings. The second-order valence-electron chi connectivity index (χ2n) is 4.87. The third-order valence-corrected chi connectivity index (χ3v) is 3.97. The maximum absolute atomic E-state index is 12.2. The summed E-state index contributed by atoms with van der Waals surface area (Å²) in [7, 11) is 0. The number of thioether (sulfide) groups is 1. The van der Waals surface area contributed by atoms with Crippen molar-refractivity contribution in [2.75, 3.05) is 19.8 Å². The van der Waals surface area contributed by atoms with Crippen LogP contribution in [0.2, 0.25) is 0 Å². The molecule has 1 saturated heterocycles. The van der Waals surface area contributed by atoms with Crippen molar-refractivity contribution < 1.29 is 23.9 Å². The number of nitrogens with zero attached hydrogens (tertiary/aromatic N) is 1. The molecule has 3 amide bonds. The van der Waals surface area contributed by atoms with Gasteiger partial charge in [-0.2, -0.15) is 0 Å². The fraction of sp³-hybridized carbons (Fsp3) is 0.235. The number of hydrogen-bond acceptors (Lipinski definition) is 6. The van der Waals surface area contributed by atoms with Crippen molar-refractivity contribution in [3.05, 3.63) is 28.7 Å². The summed E-state index contributed by atoms with van der Waals surface area (Å²) in [5, 5.41) is -0.402. The molecular formula is C17H16N2O5S. The molecule has 0 atom stereocenters. The summed E-state index contributed by atoms with van der Waals surface area (Å²) in [6, 6.07) is 4.93. The summed E-state index contributed by atoms with van der Waals surface area (Å²) in [6.07, 6.45) is 6.73. The Labute approximate surface area is 149 Å². The molecular weight excluding hydrogens is 344 g/mol. The average Bonchev–Trinajstić information content (AvgIpc) is 2.82. The highest BCUT2D eigenvalue weighted by Gasteiger charge is 2.34. The van der Waals surface area contributed by atoms with Crippen molar-refractivity contribution in [1.82, 2.24) is 4.90 Å². The Balaban J connectivity index is 2.26. The van der Waals surface area contributed by atoms with Gasteiger partial charge in [-0.3, -0.25) is 19.3 Å². The second-order valence-corrected chi connectivity index (χ2v) is 5.86. The molecule has 1 heterocycles. The minimum Gasteiger partial charge on any atom is -0.490 e. The Kier molecular flexibility index (Phi) is 6.08. The predicted molar refractivity (Wildman–Crippen MR) is 93.8 cm³/mol. The van der Waals surface area contributed by atoms with E-state index in [2.05, 4.69) is 5.92 Å². The molecule has 0 aromatic heterocycles. The number of carbonyl (C=O) groups excluding carboxylic acids is 3. The number of amides is 3. The molecule has 1 aromatic rings. The molecule has 0 bridgehead atoms. The largest absolute Gasteiger partial charge is 0.490 e. The number of imide groups is 1. The summed E-state index contributed by atoms with van der Waals surface area (Å²) >= 11 is 0.824. The highest BCUT2D eigenvalue weighted by Crippen LogP contribution is 2.34. The maximum Gasteiger partial charge on any atom is 0.294 e. The van der Waals surface area contributed by atoms with Crippen molar-refractivity contribution in [1.29, 1.82) is 0 Å². The van der Waals surface area contributed by atoms with Crippen LogP contribution in [0.15, 0.2) is 23.1 Å². The number of carbonyl (C=O) groups is 3. The molecule has 25 heavy (non-hydrogen) atoms. The van der Waals surface area contributed by atoms with Crippen LogP contribution < -0.4 is 15.2 Å². The van der Waals surface area contributed by atoms with Gasteiger partial charge in [0, 0.05) is 0 Å². The Hall–Kier alpha value is -2.92. The number of hydrogen-bond donors (Lipinski definition) is 1. The first kappa shape index (κ1) is 18.4. The average molecular weight is 360 g/mol. The van der Waals surface area contributed by atoms with Crippen LogP contribution >= 0.6 is 11.8 Å². The van der Waals surface area contributed by atoms with Gasteiger partial charge in [0.05, 0.1) is 18.1 Å². The van der Waals surface area contributed by atoms with Crippen LogP contribution in [-0.2, 0) is 9.59 Å². The third kappa shape index (κ3) is 4.55. The van der Waals surface area contributed by atoms with Crippen molar-refractivity contribution in [2.45, 2.75) is 6.92 Å². The van der Waals surface area contributed by atoms with E-state index in [1.807, 2.05) is 0 Å². The van der Waals surface area contributed by atoms with Crippen LogP contribution in [0.3, 0.4) is 0 Å². The summed E-state index contributed by atoms with van der Waals surface area (Å²) in [4.78, 5) is 36.1. The monoisotopic (exact) mass is 360 g/mol. The van der Waals surface area contributed by atoms with Gasteiger partial charge in [-0.05, 0) is 42.5 Å². The first-order valence-corrected chi connectivity index (χ1v) is 8.14. The number of nitrogens with two attached hydrogens (primary N) is 1. The Morgan fingerprint density at radius 1 is 1.36 bits per heavy atom. The van der Waals surface area contributed by atoms with Gasteiger partial charge in [0.15, 0.2) is 18.1 Å². The normalized spacial score (nSPS) is 15.4. The van der Waals surface area contributed by atoms with Crippen molar-refractivity contribution in [2.24, 2.45) is 5.73 Å². The minimum atomic E-state index is -0.603. The molecule has 0 unspecified atom stereocenters. The fourth-order valence-corrected chi connectivity index (χ4v) is 2.87. The molecule has 1 fully saturated rings. The lowest BCUT2D eigenvalue weighted by Gasteiger charge is -2.11. The molecule has 0 saturated carbocycles. The summed E-state index contributed by atoms with van der Waals surface area (Å²) in [5.74, 6) is 2.01. The highest BCUT2D eigenvalue weighted by atomic mass is 32.2. The van der Waals surface area contributed by atoms with Gasteiger partial charge in [0.2, 0.25) is 0 Å². The molecule has 0 aliphatic carbocycles. The number of primary amides is 1. The number of ether oxygens (including phenoxy) is 2. The number of rotatable bonds is 7. The van der Waals surface area contributed by atoms with Gasteiger partial charge in [0.25, 0.3) is 17.1 Å². The van der Waals surface area contributed by atoms with E-state index >= 15 is 0 Å². The first-order chi connectivity index (χ1) is 12.0. The predicted octanol–water partition coefficient (Wildman–Crippen LogP) is 1.62. The Bertz CT molecular complexity index is 782. The third-order valence-electron chi connectivity index (χ3n) is 3.06. The zero-order valence-electron chi connectivity index (χ0n) is 13.5. The Morgan fingerprint density at radius 3 is 2.76 bits per heavy atom. The van der Waals surface area contributed by atoms with E-state index in [9.17, 15) is 14.4 Å². The number of benzene rings is 1. The van der Waals surface area contributed by atoms with E-state index in [4.69, 9.17) is 21.6 Å². The van der Waals surface area contributed by atoms with Gasteiger partial charge in [-0.1, -0.05) is 12.0 Å². The van der Waals surface area contributed by atoms with Crippen molar-refractivity contribution >= 4 is 34.9 Å². The molecule has 130 valence electrons. The quantitative estimate of drug-likeness (QED) is 0.586. The lowest BCUT2D eigenvalue weighted by Crippen LogP contribution is -2.28. The first-order valence-electron chi connectivity index (χ1n) is 7.33. The molecule has 2 N–H and O–H groups in total. The van der Waals surface area contributed by atoms with E-state index < -0.39 is 17.1 Å². The minimum absolute atomic E-state index is 0.0634. The summed E-state index contributed by atoms with van der Waals surface area (Å²) in [5.41, 5.74) is 5.70. The SMILES string of the molecule is C#CCN1C(=O)S/C(=C\c2ccc(OCC(N)=O)c(OCC)c2)C1=O. The van der Waals surface area contributed by atoms with Gasteiger partial charge in [-0.25, -0.2) is 0 Å². The van der Waals surface area contributed by atoms with Crippen LogP contribution in [0, 0.1) is 12.3 Å². The lowest BCUT2D eigenvalue weighted by molar-refractivity contribution is -0.122. The molecule has 1 aromatic carbocycles. The Morgan fingerprint density at radius 2 is 2.12 bits per heavy atom. The molecule has 8 heteroatoms.